The van der Waals surface area contributed by atoms with Crippen molar-refractivity contribution in [2.75, 3.05) is 5.43 Å². The maximum Gasteiger partial charge on any atom is 0.291 e. The van der Waals surface area contributed by atoms with Gasteiger partial charge >= 0.3 is 0 Å². The fourth-order valence-electron chi connectivity index (χ4n) is 0.969. The minimum atomic E-state index is -1.50. The highest BCUT2D eigenvalue weighted by atomic mass is 16.9. The summed E-state index contributed by atoms with van der Waals surface area (Å²) in [5.41, 5.74) is 4.92. The van der Waals surface area contributed by atoms with E-state index < -0.39 is 5.09 Å². The van der Waals surface area contributed by atoms with Crippen molar-refractivity contribution in [1.82, 2.24) is 0 Å². The number of nitrogens with two attached hydrogens (primary N) is 1. The van der Waals surface area contributed by atoms with Gasteiger partial charge in [0.15, 0.2) is 0 Å². The fourth-order valence-corrected chi connectivity index (χ4v) is 0.969. The molecule has 78 valence electrons. The molecule has 1 aromatic carbocycles. The largest absolute Gasteiger partial charge is 0.328 e. The van der Waals surface area contributed by atoms with Crippen LogP contribution in [0.15, 0.2) is 24.3 Å². The van der Waals surface area contributed by atoms with E-state index in [4.69, 9.17) is 21.2 Å². The van der Waals surface area contributed by atoms with Crippen LogP contribution in [0.1, 0.15) is 12.5 Å². The first-order chi connectivity index (χ1) is 6.61. The second-order valence-corrected chi connectivity index (χ2v) is 2.39. The molecule has 0 atom stereocenters. The summed E-state index contributed by atoms with van der Waals surface area (Å²) in [5.74, 6) is 5.28. The van der Waals surface area contributed by atoms with E-state index in [0.29, 0.717) is 0 Å². The standard InChI is InChI=1S/C8H12N2.HNO3/c1-2-7-5-3-4-6-8(7)10-9;2-1(3)4/h3-6,10H,2,9H2,1H3;(H,2,3,4). The van der Waals surface area contributed by atoms with Gasteiger partial charge < -0.3 is 10.6 Å². The number of hydrogen-bond acceptors (Lipinski definition) is 4. The van der Waals surface area contributed by atoms with E-state index in [1.54, 1.807) is 0 Å². The molecule has 0 aliphatic carbocycles. The molecule has 0 amide bonds. The molecule has 0 aliphatic rings. The van der Waals surface area contributed by atoms with Crippen LogP contribution in [0.5, 0.6) is 0 Å². The zero-order valence-corrected chi connectivity index (χ0v) is 7.80. The number of rotatable bonds is 2. The molecule has 14 heavy (non-hydrogen) atoms. The van der Waals surface area contributed by atoms with Crippen LogP contribution < -0.4 is 11.3 Å². The Kier molecular flexibility index (Phi) is 5.80. The lowest BCUT2D eigenvalue weighted by molar-refractivity contribution is -0.742. The molecule has 0 fully saturated rings. The second kappa shape index (κ2) is 6.67. The number of nitrogen functional groups attached to an aromatic ring is 1. The van der Waals surface area contributed by atoms with Crippen LogP contribution in [-0.2, 0) is 6.42 Å². The van der Waals surface area contributed by atoms with Gasteiger partial charge in [-0.25, -0.2) is 0 Å². The van der Waals surface area contributed by atoms with Crippen molar-refractivity contribution >= 4 is 5.69 Å². The van der Waals surface area contributed by atoms with Crippen LogP contribution in [0.25, 0.3) is 0 Å². The van der Waals surface area contributed by atoms with E-state index in [1.165, 1.54) is 5.56 Å². The first-order valence-corrected chi connectivity index (χ1v) is 3.99. The Balaban J connectivity index is 0.000000364. The Morgan fingerprint density at radius 3 is 2.43 bits per heavy atom. The third-order valence-corrected chi connectivity index (χ3v) is 1.55. The number of para-hydroxylation sites is 1. The summed E-state index contributed by atoms with van der Waals surface area (Å²) in [6, 6.07) is 8.02. The number of nitrogens with zero attached hydrogens (tertiary/aromatic N) is 1. The molecular weight excluding hydrogens is 186 g/mol. The average Bonchev–Trinajstić information content (AvgIpc) is 2.17. The molecule has 0 heterocycles. The minimum Gasteiger partial charge on any atom is -0.328 e. The zero-order valence-electron chi connectivity index (χ0n) is 7.80. The molecule has 4 N–H and O–H groups in total. The second-order valence-electron chi connectivity index (χ2n) is 2.39. The summed E-state index contributed by atoms with van der Waals surface area (Å²) in [6.45, 7) is 2.11. The summed E-state index contributed by atoms with van der Waals surface area (Å²) >= 11 is 0. The maximum absolute atomic E-state index is 8.36. The summed E-state index contributed by atoms with van der Waals surface area (Å²) in [5, 5.41) is 13.6. The summed E-state index contributed by atoms with van der Waals surface area (Å²) in [6.07, 6.45) is 1.01. The number of hydrogen-bond donors (Lipinski definition) is 3. The van der Waals surface area contributed by atoms with E-state index in [2.05, 4.69) is 18.4 Å². The topological polar surface area (TPSA) is 101 Å². The Labute approximate surface area is 81.4 Å². The molecule has 0 saturated carbocycles. The average molecular weight is 199 g/mol. The van der Waals surface area contributed by atoms with Gasteiger partial charge in [0.2, 0.25) is 0 Å². The van der Waals surface area contributed by atoms with Crippen LogP contribution in [0, 0.1) is 10.1 Å². The van der Waals surface area contributed by atoms with Crippen molar-refractivity contribution in [3.8, 4) is 0 Å². The summed E-state index contributed by atoms with van der Waals surface area (Å²) in [7, 11) is 0. The van der Waals surface area contributed by atoms with Gasteiger partial charge in [0.05, 0.1) is 5.69 Å². The zero-order chi connectivity index (χ0) is 11.0. The molecule has 1 aromatic rings. The first-order valence-electron chi connectivity index (χ1n) is 3.99. The van der Waals surface area contributed by atoms with Crippen molar-refractivity contribution in [1.29, 1.82) is 0 Å². The van der Waals surface area contributed by atoms with E-state index in [1.807, 2.05) is 18.2 Å². The van der Waals surface area contributed by atoms with Crippen molar-refractivity contribution in [2.24, 2.45) is 5.84 Å². The van der Waals surface area contributed by atoms with Crippen molar-refractivity contribution in [3.05, 3.63) is 39.9 Å². The molecule has 0 radical (unpaired) electrons. The highest BCUT2D eigenvalue weighted by molar-refractivity contribution is 5.49. The van der Waals surface area contributed by atoms with Crippen LogP contribution in [0.3, 0.4) is 0 Å². The summed E-state index contributed by atoms with van der Waals surface area (Å²) in [4.78, 5) is 8.36. The Hall–Kier alpha value is -1.82. The predicted molar refractivity (Wildman–Crippen MR) is 52.4 cm³/mol. The SMILES string of the molecule is CCc1ccccc1NN.O=[N+]([O-])O. The van der Waals surface area contributed by atoms with Crippen LogP contribution in [-0.4, -0.2) is 10.3 Å². The van der Waals surface area contributed by atoms with Crippen molar-refractivity contribution in [3.63, 3.8) is 0 Å². The lowest BCUT2D eigenvalue weighted by atomic mass is 10.1. The van der Waals surface area contributed by atoms with E-state index in [-0.39, 0.29) is 0 Å². The minimum absolute atomic E-state index is 1.01. The monoisotopic (exact) mass is 199 g/mol. The quantitative estimate of drug-likeness (QED) is 0.377. The molecule has 0 spiro atoms. The molecule has 0 unspecified atom stereocenters. The number of benzene rings is 1. The molecule has 0 bridgehead atoms. The highest BCUT2D eigenvalue weighted by Crippen LogP contribution is 2.12. The van der Waals surface area contributed by atoms with Gasteiger partial charge in [-0.1, -0.05) is 25.1 Å². The van der Waals surface area contributed by atoms with Gasteiger partial charge in [0, 0.05) is 0 Å². The van der Waals surface area contributed by atoms with Gasteiger partial charge in [-0.3, -0.25) is 5.84 Å². The number of anilines is 1. The number of nitrogens with one attached hydrogen (secondary N) is 1. The van der Waals surface area contributed by atoms with Crippen molar-refractivity contribution in [2.45, 2.75) is 13.3 Å². The number of aryl methyl sites for hydroxylation is 1. The molecule has 6 nitrogen and oxygen atoms in total. The lowest BCUT2D eigenvalue weighted by Crippen LogP contribution is -2.08. The molecule has 0 aromatic heterocycles. The third kappa shape index (κ3) is 4.94. The maximum atomic E-state index is 8.36. The fraction of sp³-hybridized carbons (Fsp3) is 0.250. The normalized spacial score (nSPS) is 8.43. The molecular formula is C8H13N3O3. The van der Waals surface area contributed by atoms with Gasteiger partial charge in [-0.05, 0) is 18.1 Å². The Morgan fingerprint density at radius 2 is 2.07 bits per heavy atom. The Morgan fingerprint density at radius 1 is 1.57 bits per heavy atom. The van der Waals surface area contributed by atoms with Crippen molar-refractivity contribution < 1.29 is 10.3 Å². The number of hydrazine groups is 1. The van der Waals surface area contributed by atoms with Gasteiger partial charge in [-0.15, -0.1) is 10.1 Å². The molecule has 0 saturated heterocycles. The smallest absolute Gasteiger partial charge is 0.291 e. The van der Waals surface area contributed by atoms with E-state index in [9.17, 15) is 0 Å². The van der Waals surface area contributed by atoms with Crippen LogP contribution in [0.4, 0.5) is 5.69 Å². The van der Waals surface area contributed by atoms with E-state index in [0.717, 1.165) is 12.1 Å². The molecule has 0 aliphatic heterocycles. The third-order valence-electron chi connectivity index (χ3n) is 1.55. The lowest BCUT2D eigenvalue weighted by Gasteiger charge is -2.04. The van der Waals surface area contributed by atoms with E-state index >= 15 is 0 Å². The van der Waals surface area contributed by atoms with Gasteiger partial charge in [0.25, 0.3) is 5.09 Å². The Bertz CT molecular complexity index is 264. The molecule has 6 heteroatoms. The van der Waals surface area contributed by atoms with Gasteiger partial charge in [-0.2, -0.15) is 0 Å². The molecule has 1 rings (SSSR count). The van der Waals surface area contributed by atoms with Crippen LogP contribution in [0.2, 0.25) is 0 Å². The predicted octanol–water partition coefficient (Wildman–Crippen LogP) is 1.19. The van der Waals surface area contributed by atoms with Gasteiger partial charge in [0.1, 0.15) is 0 Å². The van der Waals surface area contributed by atoms with Crippen LogP contribution >= 0.6 is 0 Å². The highest BCUT2D eigenvalue weighted by Gasteiger charge is 1.93. The summed E-state index contributed by atoms with van der Waals surface area (Å²) < 4.78 is 0. The first kappa shape index (κ1) is 12.2.